The van der Waals surface area contributed by atoms with Gasteiger partial charge in [0.15, 0.2) is 0 Å². The fourth-order valence-corrected chi connectivity index (χ4v) is 2.12. The van der Waals surface area contributed by atoms with Crippen LogP contribution in [0.4, 0.5) is 0 Å². The molecule has 1 aromatic rings. The molecule has 0 aliphatic heterocycles. The van der Waals surface area contributed by atoms with Crippen molar-refractivity contribution in [1.29, 1.82) is 0 Å². The van der Waals surface area contributed by atoms with Gasteiger partial charge in [0.25, 0.3) is 0 Å². The average molecular weight is 417 g/mol. The maximum Gasteiger partial charge on any atom is 0.303 e. The maximum absolute atomic E-state index is 9.37. The summed E-state index contributed by atoms with van der Waals surface area (Å²) in [6.45, 7) is 9.29. The van der Waals surface area contributed by atoms with E-state index in [-0.39, 0.29) is 41.0 Å². The van der Waals surface area contributed by atoms with Crippen LogP contribution in [0.15, 0.2) is 6.07 Å². The van der Waals surface area contributed by atoms with Crippen LogP contribution in [0, 0.1) is 13.8 Å². The molecule has 1 aliphatic rings. The van der Waals surface area contributed by atoms with Crippen molar-refractivity contribution in [1.82, 2.24) is 0 Å². The van der Waals surface area contributed by atoms with E-state index >= 15 is 0 Å². The minimum Gasteiger partial charge on any atom is -0.481 e. The van der Waals surface area contributed by atoms with Gasteiger partial charge in [0.05, 0.1) is 0 Å². The van der Waals surface area contributed by atoms with Crippen LogP contribution >= 0.6 is 0 Å². The van der Waals surface area contributed by atoms with E-state index in [1.54, 1.807) is 37.5 Å². The zero-order valence-corrected chi connectivity index (χ0v) is 18.7. The van der Waals surface area contributed by atoms with Gasteiger partial charge in [0.2, 0.25) is 0 Å². The van der Waals surface area contributed by atoms with Crippen LogP contribution in [-0.2, 0) is 48.9 Å². The van der Waals surface area contributed by atoms with Gasteiger partial charge in [-0.1, -0.05) is 60.3 Å². The van der Waals surface area contributed by atoms with Crippen molar-refractivity contribution in [3.8, 4) is 0 Å². The summed E-state index contributed by atoms with van der Waals surface area (Å²) in [7, 11) is 0. The molecule has 7 heteroatoms. The van der Waals surface area contributed by atoms with Crippen molar-refractivity contribution in [2.75, 3.05) is 0 Å². The molecule has 0 radical (unpaired) electrons. The predicted octanol–water partition coefficient (Wildman–Crippen LogP) is 4.34. The van der Waals surface area contributed by atoms with Crippen molar-refractivity contribution in [3.63, 3.8) is 0 Å². The molecule has 27 heavy (non-hydrogen) atoms. The zero-order valence-electron chi connectivity index (χ0n) is 17.1. The van der Waals surface area contributed by atoms with Gasteiger partial charge in [0, 0.05) is 41.0 Å². The van der Waals surface area contributed by atoms with E-state index in [1.807, 2.05) is 0 Å². The Morgan fingerprint density at radius 1 is 0.889 bits per heavy atom. The monoisotopic (exact) mass is 417 g/mol. The number of aliphatic carboxylic acids is 3. The molecule has 0 amide bonds. The Labute approximate surface area is 177 Å². The molecular formula is C20H33O6Ti-. The SMILES string of the molecule is CCC(=O)O.CCC(=O)O.CCC(=O)O.Cc1cc2c([c-]1C)CCCC2.[Ti]. The van der Waals surface area contributed by atoms with Crippen LogP contribution in [0.2, 0.25) is 0 Å². The third-order valence-electron chi connectivity index (χ3n) is 3.85. The fraction of sp³-hybridized carbons (Fsp3) is 0.600. The van der Waals surface area contributed by atoms with Gasteiger partial charge >= 0.3 is 17.9 Å². The summed E-state index contributed by atoms with van der Waals surface area (Å²) in [4.78, 5) is 28.1. The standard InChI is InChI=1S/C11H15.3C3H6O2.Ti/c1-8-7-10-5-3-4-6-11(10)9(8)2;3*1-2-3(4)5;/h7H,3-6H2,1-2H3;3*2H2,1H3,(H,4,5);/q-1;;;;. The molecule has 0 aromatic heterocycles. The number of carboxylic acids is 3. The largest absolute Gasteiger partial charge is 0.481 e. The molecule has 0 atom stereocenters. The Kier molecular flexibility index (Phi) is 20.0. The molecule has 0 spiro atoms. The molecule has 0 heterocycles. The maximum atomic E-state index is 9.37. The normalized spacial score (nSPS) is 10.9. The Hall–Kier alpha value is -1.53. The number of rotatable bonds is 3. The van der Waals surface area contributed by atoms with Crippen LogP contribution in [0.3, 0.4) is 0 Å². The van der Waals surface area contributed by atoms with E-state index in [4.69, 9.17) is 15.3 Å². The molecular weight excluding hydrogens is 384 g/mol. The summed E-state index contributed by atoms with van der Waals surface area (Å²) in [6.07, 6.45) is 6.12. The zero-order chi connectivity index (χ0) is 20.7. The van der Waals surface area contributed by atoms with Crippen molar-refractivity contribution in [2.24, 2.45) is 0 Å². The second-order valence-corrected chi connectivity index (χ2v) is 5.91. The van der Waals surface area contributed by atoms with E-state index in [2.05, 4.69) is 19.9 Å². The van der Waals surface area contributed by atoms with E-state index in [9.17, 15) is 14.4 Å². The number of hydrogen-bond donors (Lipinski definition) is 3. The Morgan fingerprint density at radius 2 is 1.22 bits per heavy atom. The number of fused-ring (bicyclic) bond motifs is 1. The van der Waals surface area contributed by atoms with Crippen LogP contribution in [0.5, 0.6) is 0 Å². The van der Waals surface area contributed by atoms with Crippen LogP contribution < -0.4 is 0 Å². The van der Waals surface area contributed by atoms with Crippen LogP contribution in [0.25, 0.3) is 0 Å². The third-order valence-corrected chi connectivity index (χ3v) is 3.85. The summed E-state index contributed by atoms with van der Waals surface area (Å²) in [5, 5.41) is 23.2. The number of carboxylic acid groups (broad SMARTS) is 3. The molecule has 0 bridgehead atoms. The quantitative estimate of drug-likeness (QED) is 0.498. The molecule has 2 rings (SSSR count). The first-order valence-corrected chi connectivity index (χ1v) is 9.00. The van der Waals surface area contributed by atoms with Crippen molar-refractivity contribution in [2.45, 2.75) is 79.6 Å². The van der Waals surface area contributed by atoms with E-state index in [0.29, 0.717) is 0 Å². The fourth-order valence-electron chi connectivity index (χ4n) is 2.12. The Morgan fingerprint density at radius 3 is 1.52 bits per heavy atom. The summed E-state index contributed by atoms with van der Waals surface area (Å²) in [5.41, 5.74) is 6.34. The molecule has 1 aliphatic carbocycles. The van der Waals surface area contributed by atoms with E-state index < -0.39 is 17.9 Å². The molecule has 154 valence electrons. The van der Waals surface area contributed by atoms with Gasteiger partial charge in [-0.05, 0) is 0 Å². The van der Waals surface area contributed by atoms with Gasteiger partial charge in [-0.3, -0.25) is 14.4 Å². The summed E-state index contributed by atoms with van der Waals surface area (Å²) in [5.74, 6) is -2.24. The number of aryl methyl sites for hydroxylation is 2. The molecule has 0 unspecified atom stereocenters. The van der Waals surface area contributed by atoms with Gasteiger partial charge in [0.1, 0.15) is 0 Å². The van der Waals surface area contributed by atoms with Gasteiger partial charge in [-0.25, -0.2) is 6.07 Å². The summed E-state index contributed by atoms with van der Waals surface area (Å²) < 4.78 is 0. The van der Waals surface area contributed by atoms with E-state index in [1.165, 1.54) is 31.2 Å². The predicted molar refractivity (Wildman–Crippen MR) is 102 cm³/mol. The van der Waals surface area contributed by atoms with Gasteiger partial charge < -0.3 is 15.3 Å². The molecule has 1 aromatic carbocycles. The topological polar surface area (TPSA) is 112 Å². The van der Waals surface area contributed by atoms with Crippen molar-refractivity contribution >= 4 is 17.9 Å². The number of hydrogen-bond acceptors (Lipinski definition) is 3. The van der Waals surface area contributed by atoms with Gasteiger partial charge in [-0.15, -0.1) is 0 Å². The first-order chi connectivity index (χ1) is 12.1. The van der Waals surface area contributed by atoms with Crippen LogP contribution in [-0.4, -0.2) is 33.2 Å². The van der Waals surface area contributed by atoms with Crippen molar-refractivity contribution in [3.05, 3.63) is 28.3 Å². The molecule has 3 N–H and O–H groups in total. The average Bonchev–Trinajstić information content (AvgIpc) is 2.91. The minimum absolute atomic E-state index is 0. The van der Waals surface area contributed by atoms with Crippen LogP contribution in [0.1, 0.15) is 75.1 Å². The van der Waals surface area contributed by atoms with E-state index in [0.717, 1.165) is 0 Å². The smallest absolute Gasteiger partial charge is 0.303 e. The summed E-state index contributed by atoms with van der Waals surface area (Å²) in [6, 6.07) is 2.38. The Balaban J connectivity index is -0.000000311. The van der Waals surface area contributed by atoms with Crippen molar-refractivity contribution < 1.29 is 51.4 Å². The first kappa shape index (κ1) is 30.2. The molecule has 6 nitrogen and oxygen atoms in total. The first-order valence-electron chi connectivity index (χ1n) is 9.00. The minimum atomic E-state index is -0.745. The molecule has 0 fully saturated rings. The van der Waals surface area contributed by atoms with Gasteiger partial charge in [-0.2, -0.15) is 22.3 Å². The summed E-state index contributed by atoms with van der Waals surface area (Å²) >= 11 is 0. The second kappa shape index (κ2) is 17.9. The number of carbonyl (C=O) groups is 3. The molecule has 0 saturated carbocycles. The molecule has 0 saturated heterocycles. The second-order valence-electron chi connectivity index (χ2n) is 5.91. The Bertz CT molecular complexity index is 530. The third kappa shape index (κ3) is 16.4.